The molecule has 0 aliphatic heterocycles. The molecule has 1 fully saturated rings. The third-order valence-corrected chi connectivity index (χ3v) is 4.28. The summed E-state index contributed by atoms with van der Waals surface area (Å²) in [5.41, 5.74) is 0. The van der Waals surface area contributed by atoms with Gasteiger partial charge in [-0.05, 0) is 24.8 Å². The Hall–Kier alpha value is -1.70. The van der Waals surface area contributed by atoms with Crippen LogP contribution in [0.3, 0.4) is 0 Å². The molecule has 2 N–H and O–H groups in total. The van der Waals surface area contributed by atoms with E-state index in [2.05, 4.69) is 11.3 Å². The summed E-state index contributed by atoms with van der Waals surface area (Å²) in [7, 11) is 3.02. The van der Waals surface area contributed by atoms with Gasteiger partial charge in [0.25, 0.3) is 0 Å². The molecule has 8 heteroatoms. The van der Waals surface area contributed by atoms with E-state index in [4.69, 9.17) is 10.1 Å². The standard InChI is InChI=1S/C14H24N4O3S/c1-4-10-21-12(15)18(14(20)17(2)3)13(19)16-22-11-8-6-5-7-9-11/h4,11,15H,1,5-10H2,2-3H3,(H,16,19). The lowest BCUT2D eigenvalue weighted by Crippen LogP contribution is -2.50. The SMILES string of the molecule is C=CCOC(=N)N(C(=O)NSC1CCCCC1)C(=O)N(C)C. The fraction of sp³-hybridized carbons (Fsp3) is 0.643. The lowest BCUT2D eigenvalue weighted by atomic mass is 10.0. The Kier molecular flexibility index (Phi) is 7.79. The van der Waals surface area contributed by atoms with Crippen molar-refractivity contribution in [3.63, 3.8) is 0 Å². The Labute approximate surface area is 135 Å². The zero-order valence-corrected chi connectivity index (χ0v) is 13.9. The van der Waals surface area contributed by atoms with Crippen molar-refractivity contribution in [3.8, 4) is 0 Å². The van der Waals surface area contributed by atoms with Crippen LogP contribution in [-0.4, -0.2) is 53.8 Å². The second-order valence-corrected chi connectivity index (χ2v) is 6.31. The number of amides is 4. The van der Waals surface area contributed by atoms with Gasteiger partial charge in [0, 0.05) is 19.3 Å². The largest absolute Gasteiger partial charge is 0.460 e. The van der Waals surface area contributed by atoms with Crippen molar-refractivity contribution in [1.82, 2.24) is 14.5 Å². The molecule has 1 saturated carbocycles. The molecule has 7 nitrogen and oxygen atoms in total. The van der Waals surface area contributed by atoms with Crippen LogP contribution in [0.4, 0.5) is 9.59 Å². The second kappa shape index (κ2) is 9.34. The molecule has 124 valence electrons. The third kappa shape index (κ3) is 5.59. The van der Waals surface area contributed by atoms with Gasteiger partial charge in [0.1, 0.15) is 6.61 Å². The monoisotopic (exact) mass is 328 g/mol. The van der Waals surface area contributed by atoms with Crippen molar-refractivity contribution in [1.29, 1.82) is 5.41 Å². The molecule has 0 aromatic rings. The number of hydrogen-bond acceptors (Lipinski definition) is 5. The van der Waals surface area contributed by atoms with E-state index in [1.165, 1.54) is 43.4 Å². The molecule has 0 spiro atoms. The number of rotatable bonds is 4. The second-order valence-electron chi connectivity index (χ2n) is 5.20. The molecule has 22 heavy (non-hydrogen) atoms. The Balaban J connectivity index is 2.63. The fourth-order valence-electron chi connectivity index (χ4n) is 2.03. The Bertz CT molecular complexity index is 422. The molecule has 0 aromatic carbocycles. The first-order valence-electron chi connectivity index (χ1n) is 7.26. The minimum Gasteiger partial charge on any atom is -0.460 e. The van der Waals surface area contributed by atoms with Gasteiger partial charge in [-0.15, -0.1) is 0 Å². The van der Waals surface area contributed by atoms with E-state index in [0.717, 1.165) is 25.7 Å². The predicted molar refractivity (Wildman–Crippen MR) is 87.8 cm³/mol. The number of amidine groups is 1. The number of carbonyl (C=O) groups is 2. The lowest BCUT2D eigenvalue weighted by Gasteiger charge is -2.25. The van der Waals surface area contributed by atoms with Crippen LogP contribution in [0.25, 0.3) is 0 Å². The normalized spacial score (nSPS) is 14.8. The van der Waals surface area contributed by atoms with Crippen molar-refractivity contribution in [2.45, 2.75) is 37.4 Å². The van der Waals surface area contributed by atoms with E-state index >= 15 is 0 Å². The molecule has 1 rings (SSSR count). The maximum atomic E-state index is 12.2. The van der Waals surface area contributed by atoms with E-state index in [-0.39, 0.29) is 6.61 Å². The summed E-state index contributed by atoms with van der Waals surface area (Å²) in [5, 5.41) is 8.12. The number of urea groups is 2. The van der Waals surface area contributed by atoms with Crippen molar-refractivity contribution in [3.05, 3.63) is 12.7 Å². The first-order valence-corrected chi connectivity index (χ1v) is 8.14. The van der Waals surface area contributed by atoms with Crippen molar-refractivity contribution < 1.29 is 14.3 Å². The number of nitrogens with zero attached hydrogens (tertiary/aromatic N) is 2. The molecule has 0 saturated heterocycles. The van der Waals surface area contributed by atoms with Crippen LogP contribution in [0.5, 0.6) is 0 Å². The molecular weight excluding hydrogens is 304 g/mol. The minimum absolute atomic E-state index is 0.0547. The highest BCUT2D eigenvalue weighted by atomic mass is 32.2. The molecule has 0 atom stereocenters. The number of hydrogen-bond donors (Lipinski definition) is 2. The topological polar surface area (TPSA) is 85.7 Å². The highest BCUT2D eigenvalue weighted by molar-refractivity contribution is 7.98. The number of nitrogens with one attached hydrogen (secondary N) is 2. The van der Waals surface area contributed by atoms with Gasteiger partial charge in [-0.2, -0.15) is 4.90 Å². The summed E-state index contributed by atoms with van der Waals surface area (Å²) in [6, 6.07) is -1.81. The van der Waals surface area contributed by atoms with Gasteiger partial charge < -0.3 is 9.64 Å². The van der Waals surface area contributed by atoms with Gasteiger partial charge in [0.2, 0.25) is 0 Å². The molecule has 4 amide bonds. The van der Waals surface area contributed by atoms with E-state index in [1.807, 2.05) is 0 Å². The number of imide groups is 1. The van der Waals surface area contributed by atoms with E-state index in [9.17, 15) is 9.59 Å². The number of ether oxygens (including phenoxy) is 1. The van der Waals surface area contributed by atoms with Gasteiger partial charge in [0.05, 0.1) is 0 Å². The highest BCUT2D eigenvalue weighted by Crippen LogP contribution is 2.26. The van der Waals surface area contributed by atoms with Crippen LogP contribution < -0.4 is 4.72 Å². The maximum Gasteiger partial charge on any atom is 0.343 e. The molecular formula is C14H24N4O3S. The molecule has 0 unspecified atom stereocenters. The maximum absolute atomic E-state index is 12.2. The van der Waals surface area contributed by atoms with Crippen LogP contribution in [-0.2, 0) is 4.74 Å². The minimum atomic E-state index is -0.664. The van der Waals surface area contributed by atoms with Crippen molar-refractivity contribution >= 4 is 30.0 Å². The van der Waals surface area contributed by atoms with Crippen LogP contribution in [0.2, 0.25) is 0 Å². The average Bonchev–Trinajstić information content (AvgIpc) is 2.51. The van der Waals surface area contributed by atoms with Crippen LogP contribution >= 0.6 is 11.9 Å². The Morgan fingerprint density at radius 1 is 1.36 bits per heavy atom. The van der Waals surface area contributed by atoms with Crippen molar-refractivity contribution in [2.24, 2.45) is 0 Å². The summed E-state index contributed by atoms with van der Waals surface area (Å²) < 4.78 is 7.67. The third-order valence-electron chi connectivity index (χ3n) is 3.18. The van der Waals surface area contributed by atoms with E-state index < -0.39 is 18.1 Å². The molecule has 0 aromatic heterocycles. The zero-order valence-electron chi connectivity index (χ0n) is 13.1. The summed E-state index contributed by atoms with van der Waals surface area (Å²) in [6.45, 7) is 3.53. The van der Waals surface area contributed by atoms with Crippen LogP contribution in [0, 0.1) is 5.41 Å². The van der Waals surface area contributed by atoms with Gasteiger partial charge in [-0.3, -0.25) is 10.1 Å². The first-order chi connectivity index (χ1) is 10.5. The van der Waals surface area contributed by atoms with Gasteiger partial charge in [-0.1, -0.05) is 31.9 Å². The summed E-state index contributed by atoms with van der Waals surface area (Å²) in [6.07, 6.45) is 7.10. The van der Waals surface area contributed by atoms with Crippen molar-refractivity contribution in [2.75, 3.05) is 20.7 Å². The number of carbonyl (C=O) groups excluding carboxylic acids is 2. The quantitative estimate of drug-likeness (QED) is 0.360. The predicted octanol–water partition coefficient (Wildman–Crippen LogP) is 2.80. The highest BCUT2D eigenvalue weighted by Gasteiger charge is 2.29. The average molecular weight is 328 g/mol. The van der Waals surface area contributed by atoms with Crippen LogP contribution in [0.15, 0.2) is 12.7 Å². The summed E-state index contributed by atoms with van der Waals surface area (Å²) in [4.78, 5) is 26.2. The van der Waals surface area contributed by atoms with Crippen LogP contribution in [0.1, 0.15) is 32.1 Å². The Morgan fingerprint density at radius 2 is 2.00 bits per heavy atom. The molecule has 0 radical (unpaired) electrons. The zero-order chi connectivity index (χ0) is 16.5. The molecule has 0 heterocycles. The first kappa shape index (κ1) is 18.3. The van der Waals surface area contributed by atoms with E-state index in [0.29, 0.717) is 10.1 Å². The van der Waals surface area contributed by atoms with E-state index in [1.54, 1.807) is 0 Å². The molecule has 1 aliphatic carbocycles. The lowest BCUT2D eigenvalue weighted by molar-refractivity contribution is 0.177. The Morgan fingerprint density at radius 3 is 2.55 bits per heavy atom. The van der Waals surface area contributed by atoms with Gasteiger partial charge in [-0.25, -0.2) is 9.59 Å². The summed E-state index contributed by atoms with van der Waals surface area (Å²) >= 11 is 1.32. The van der Waals surface area contributed by atoms with Gasteiger partial charge >= 0.3 is 18.1 Å². The summed E-state index contributed by atoms with van der Waals surface area (Å²) in [5.74, 6) is 0. The fourth-order valence-corrected chi connectivity index (χ4v) is 2.96. The molecule has 0 bridgehead atoms. The smallest absolute Gasteiger partial charge is 0.343 e. The molecule has 1 aliphatic rings. The van der Waals surface area contributed by atoms with Gasteiger partial charge in [0.15, 0.2) is 0 Å².